The number of nitriles is 1. The first-order chi connectivity index (χ1) is 12.7. The van der Waals surface area contributed by atoms with Crippen molar-refractivity contribution in [2.45, 2.75) is 19.7 Å². The van der Waals surface area contributed by atoms with Crippen molar-refractivity contribution in [2.75, 3.05) is 18.1 Å². The van der Waals surface area contributed by atoms with Crippen LogP contribution in [0.5, 0.6) is 0 Å². The quantitative estimate of drug-likeness (QED) is 0.727. The number of ether oxygens (including phenoxy) is 1. The minimum absolute atomic E-state index is 0.215. The van der Waals surface area contributed by atoms with Crippen LogP contribution < -0.4 is 4.90 Å². The molecule has 0 aliphatic carbocycles. The highest BCUT2D eigenvalue weighted by atomic mass is 16.5. The van der Waals surface area contributed by atoms with Gasteiger partial charge < -0.3 is 9.64 Å². The summed E-state index contributed by atoms with van der Waals surface area (Å²) in [5.41, 5.74) is 4.89. The molecule has 0 amide bonds. The van der Waals surface area contributed by atoms with E-state index >= 15 is 0 Å². The van der Waals surface area contributed by atoms with Gasteiger partial charge in [-0.05, 0) is 36.8 Å². The van der Waals surface area contributed by atoms with Crippen molar-refractivity contribution in [2.24, 2.45) is 0 Å². The summed E-state index contributed by atoms with van der Waals surface area (Å²) in [5.74, 6) is 0. The van der Waals surface area contributed by atoms with Crippen LogP contribution in [0.3, 0.4) is 0 Å². The normalized spacial score (nSPS) is 16.6. The highest BCUT2D eigenvalue weighted by Crippen LogP contribution is 2.31. The lowest BCUT2D eigenvalue weighted by atomic mass is 10.1. The first-order valence-electron chi connectivity index (χ1n) is 8.57. The van der Waals surface area contributed by atoms with Gasteiger partial charge in [0, 0.05) is 12.2 Å². The van der Waals surface area contributed by atoms with E-state index in [-0.39, 0.29) is 6.23 Å². The molecule has 2 heterocycles. The molecule has 1 fully saturated rings. The predicted octanol–water partition coefficient (Wildman–Crippen LogP) is 3.04. The second-order valence-corrected chi connectivity index (χ2v) is 6.40. The number of nitrogens with zero attached hydrogens (tertiary/aromatic N) is 5. The van der Waals surface area contributed by atoms with E-state index in [1.807, 2.05) is 30.5 Å². The number of hydrogen-bond donors (Lipinski definition) is 0. The van der Waals surface area contributed by atoms with Crippen LogP contribution in [0, 0.1) is 18.3 Å². The number of hydrogen-bond acceptors (Lipinski definition) is 5. The first-order valence-corrected chi connectivity index (χ1v) is 8.57. The molecule has 1 unspecified atom stereocenters. The van der Waals surface area contributed by atoms with E-state index < -0.39 is 0 Å². The van der Waals surface area contributed by atoms with Crippen molar-refractivity contribution in [3.8, 4) is 6.07 Å². The van der Waals surface area contributed by atoms with Gasteiger partial charge in [-0.25, -0.2) is 4.68 Å². The fourth-order valence-corrected chi connectivity index (χ4v) is 3.09. The van der Waals surface area contributed by atoms with E-state index in [0.29, 0.717) is 18.7 Å². The molecule has 1 atom stereocenters. The molecule has 0 radical (unpaired) electrons. The van der Waals surface area contributed by atoms with Gasteiger partial charge in [0.2, 0.25) is 0 Å². The average Bonchev–Trinajstić information content (AvgIpc) is 3.32. The van der Waals surface area contributed by atoms with Crippen molar-refractivity contribution in [3.05, 3.63) is 77.1 Å². The molecule has 6 heteroatoms. The summed E-state index contributed by atoms with van der Waals surface area (Å²) >= 11 is 0. The molecule has 1 saturated heterocycles. The zero-order valence-corrected chi connectivity index (χ0v) is 14.5. The monoisotopic (exact) mass is 345 g/mol. The van der Waals surface area contributed by atoms with E-state index in [4.69, 9.17) is 10.00 Å². The molecule has 1 aliphatic rings. The molecule has 0 spiro atoms. The molecular formula is C20H19N5O. The van der Waals surface area contributed by atoms with Crippen LogP contribution in [-0.4, -0.2) is 28.1 Å². The third-order valence-electron chi connectivity index (χ3n) is 4.49. The summed E-state index contributed by atoms with van der Waals surface area (Å²) in [6.45, 7) is 4.18. The molecule has 1 aliphatic heterocycles. The minimum Gasteiger partial charge on any atom is -0.350 e. The lowest BCUT2D eigenvalue weighted by Crippen LogP contribution is -2.23. The van der Waals surface area contributed by atoms with Crippen LogP contribution in [0.2, 0.25) is 0 Å². The maximum Gasteiger partial charge on any atom is 0.177 e. The number of rotatable bonds is 4. The van der Waals surface area contributed by atoms with Crippen molar-refractivity contribution in [3.63, 3.8) is 0 Å². The van der Waals surface area contributed by atoms with Crippen LogP contribution in [-0.2, 0) is 11.3 Å². The molecule has 26 heavy (non-hydrogen) atoms. The summed E-state index contributed by atoms with van der Waals surface area (Å²) in [5, 5.41) is 17.4. The Morgan fingerprint density at radius 3 is 2.65 bits per heavy atom. The van der Waals surface area contributed by atoms with Crippen LogP contribution in [0.4, 0.5) is 5.69 Å². The number of anilines is 1. The van der Waals surface area contributed by atoms with Crippen molar-refractivity contribution in [1.82, 2.24) is 15.0 Å². The first kappa shape index (κ1) is 16.3. The third kappa shape index (κ3) is 3.30. The average molecular weight is 345 g/mol. The highest BCUT2D eigenvalue weighted by Gasteiger charge is 2.29. The zero-order valence-electron chi connectivity index (χ0n) is 14.5. The van der Waals surface area contributed by atoms with Crippen LogP contribution in [0.1, 0.15) is 28.6 Å². The van der Waals surface area contributed by atoms with E-state index in [2.05, 4.69) is 52.5 Å². The Hall–Kier alpha value is -3.17. The van der Waals surface area contributed by atoms with Crippen molar-refractivity contribution >= 4 is 5.69 Å². The number of benzene rings is 2. The maximum atomic E-state index is 8.88. The number of aromatic nitrogens is 3. The maximum absolute atomic E-state index is 8.88. The molecule has 1 aromatic heterocycles. The van der Waals surface area contributed by atoms with E-state index in [1.165, 1.54) is 5.56 Å². The molecule has 6 nitrogen and oxygen atoms in total. The predicted molar refractivity (Wildman–Crippen MR) is 97.5 cm³/mol. The summed E-state index contributed by atoms with van der Waals surface area (Å²) in [6.07, 6.45) is 1.71. The fourth-order valence-electron chi connectivity index (χ4n) is 3.09. The minimum atomic E-state index is -0.215. The van der Waals surface area contributed by atoms with Gasteiger partial charge in [-0.3, -0.25) is 0 Å². The summed E-state index contributed by atoms with van der Waals surface area (Å²) in [7, 11) is 0. The topological polar surface area (TPSA) is 67.0 Å². The SMILES string of the molecule is Cc1ccc(N2CCOC2c2cn(Cc3ccc(C#N)cc3)nn2)cc1. The van der Waals surface area contributed by atoms with Gasteiger partial charge in [-0.2, -0.15) is 5.26 Å². The second kappa shape index (κ2) is 6.98. The molecule has 130 valence electrons. The van der Waals surface area contributed by atoms with Gasteiger partial charge in [0.1, 0.15) is 5.69 Å². The molecule has 4 rings (SSSR count). The van der Waals surface area contributed by atoms with E-state index in [0.717, 1.165) is 23.5 Å². The lowest BCUT2D eigenvalue weighted by molar-refractivity contribution is 0.110. The molecule has 2 aromatic carbocycles. The molecule has 3 aromatic rings. The highest BCUT2D eigenvalue weighted by molar-refractivity contribution is 5.49. The molecule has 0 bridgehead atoms. The molecular weight excluding hydrogens is 326 g/mol. The standard InChI is InChI=1S/C20H19N5O/c1-15-2-8-18(9-3-15)25-10-11-26-20(25)19-14-24(23-22-19)13-17-6-4-16(12-21)5-7-17/h2-9,14,20H,10-11,13H2,1H3. The van der Waals surface area contributed by atoms with E-state index in [9.17, 15) is 0 Å². The van der Waals surface area contributed by atoms with Crippen molar-refractivity contribution in [1.29, 1.82) is 5.26 Å². The second-order valence-electron chi connectivity index (χ2n) is 6.40. The summed E-state index contributed by atoms with van der Waals surface area (Å²) < 4.78 is 7.70. The molecule has 0 saturated carbocycles. The van der Waals surface area contributed by atoms with Crippen LogP contribution >= 0.6 is 0 Å². The zero-order chi connectivity index (χ0) is 17.9. The van der Waals surface area contributed by atoms with E-state index in [1.54, 1.807) is 4.68 Å². The Kier molecular flexibility index (Phi) is 4.38. The third-order valence-corrected chi connectivity index (χ3v) is 4.49. The lowest BCUT2D eigenvalue weighted by Gasteiger charge is -2.23. The van der Waals surface area contributed by atoms with Crippen molar-refractivity contribution < 1.29 is 4.74 Å². The van der Waals surface area contributed by atoms with Crippen LogP contribution in [0.15, 0.2) is 54.7 Å². The van der Waals surface area contributed by atoms with Gasteiger partial charge in [-0.1, -0.05) is 35.0 Å². The Morgan fingerprint density at radius 2 is 1.92 bits per heavy atom. The van der Waals surface area contributed by atoms with Gasteiger partial charge in [-0.15, -0.1) is 5.10 Å². The number of aryl methyl sites for hydroxylation is 1. The van der Waals surface area contributed by atoms with Gasteiger partial charge in [0.05, 0.1) is 31.0 Å². The Balaban J connectivity index is 1.51. The Morgan fingerprint density at radius 1 is 1.15 bits per heavy atom. The van der Waals surface area contributed by atoms with Gasteiger partial charge in [0.15, 0.2) is 6.23 Å². The Labute approximate surface area is 152 Å². The van der Waals surface area contributed by atoms with Gasteiger partial charge in [0.25, 0.3) is 0 Å². The van der Waals surface area contributed by atoms with Crippen LogP contribution in [0.25, 0.3) is 0 Å². The van der Waals surface area contributed by atoms with Gasteiger partial charge >= 0.3 is 0 Å². The fraction of sp³-hybridized carbons (Fsp3) is 0.250. The smallest absolute Gasteiger partial charge is 0.177 e. The Bertz CT molecular complexity index is 924. The summed E-state index contributed by atoms with van der Waals surface area (Å²) in [6, 6.07) is 18.0. The molecule has 0 N–H and O–H groups in total. The summed E-state index contributed by atoms with van der Waals surface area (Å²) in [4.78, 5) is 2.20. The largest absolute Gasteiger partial charge is 0.350 e.